The predicted octanol–water partition coefficient (Wildman–Crippen LogP) is 7.06. The summed E-state index contributed by atoms with van der Waals surface area (Å²) in [5.74, 6) is -1.63. The van der Waals surface area contributed by atoms with Crippen molar-refractivity contribution in [1.29, 1.82) is 0 Å². The van der Waals surface area contributed by atoms with Gasteiger partial charge in [0.05, 0.1) is 0 Å². The third-order valence-electron chi connectivity index (χ3n) is 5.20. The van der Waals surface area contributed by atoms with Crippen LogP contribution in [0.2, 0.25) is 0 Å². The van der Waals surface area contributed by atoms with E-state index in [-0.39, 0.29) is 11.5 Å². The zero-order valence-electron chi connectivity index (χ0n) is 16.6. The molecule has 154 valence electrons. The first-order valence-electron chi connectivity index (χ1n) is 10.5. The van der Waals surface area contributed by atoms with Crippen molar-refractivity contribution in [2.75, 3.05) is 0 Å². The largest absolute Gasteiger partial charge is 0.505 e. The van der Waals surface area contributed by atoms with E-state index in [4.69, 9.17) is 0 Å². The summed E-state index contributed by atoms with van der Waals surface area (Å²) in [4.78, 5) is 0. The lowest BCUT2D eigenvalue weighted by atomic mass is 10.0. The topological polar surface area (TPSA) is 40.5 Å². The molecule has 0 radical (unpaired) electrons. The third kappa shape index (κ3) is 8.28. The fourth-order valence-electron chi connectivity index (χ4n) is 3.50. The fraction of sp³-hybridized carbons (Fsp3) is 0.500. The average Bonchev–Trinajstić information content (AvgIpc) is 2.68. The first-order valence-corrected chi connectivity index (χ1v) is 10.5. The Bertz CT molecular complexity index is 654. The molecule has 2 aromatic carbocycles. The van der Waals surface area contributed by atoms with E-state index in [1.54, 1.807) is 12.1 Å². The first-order chi connectivity index (χ1) is 13.6. The summed E-state index contributed by atoms with van der Waals surface area (Å²) in [6.07, 6.45) is 13.8. The van der Waals surface area contributed by atoms with E-state index in [2.05, 4.69) is 0 Å². The molecule has 0 spiro atoms. The van der Waals surface area contributed by atoms with Crippen LogP contribution in [0, 0.1) is 11.6 Å². The maximum absolute atomic E-state index is 13.0. The standard InChI is InChI=1S/C24H32F2O2/c25-21-15-13-19(17-23(21)27)11-9-7-5-3-1-2-4-6-8-10-12-20-14-16-22(26)24(28)18-20/h13-18,27-28H,1-12H2. The van der Waals surface area contributed by atoms with Gasteiger partial charge < -0.3 is 10.2 Å². The van der Waals surface area contributed by atoms with Crippen LogP contribution >= 0.6 is 0 Å². The quantitative estimate of drug-likeness (QED) is 0.359. The fourth-order valence-corrected chi connectivity index (χ4v) is 3.50. The van der Waals surface area contributed by atoms with Gasteiger partial charge in [0.2, 0.25) is 0 Å². The Morgan fingerprint density at radius 1 is 0.500 bits per heavy atom. The highest BCUT2D eigenvalue weighted by Gasteiger charge is 2.02. The van der Waals surface area contributed by atoms with E-state index in [0.717, 1.165) is 36.8 Å². The van der Waals surface area contributed by atoms with Crippen LogP contribution in [0.25, 0.3) is 0 Å². The maximum Gasteiger partial charge on any atom is 0.164 e. The van der Waals surface area contributed by atoms with E-state index in [9.17, 15) is 19.0 Å². The minimum atomic E-state index is -0.557. The SMILES string of the molecule is Oc1cc(CCCCCCCCCCCCc2ccc(F)c(O)c2)ccc1F. The van der Waals surface area contributed by atoms with Crippen molar-refractivity contribution >= 4 is 0 Å². The molecule has 0 aliphatic heterocycles. The normalized spacial score (nSPS) is 11.1. The van der Waals surface area contributed by atoms with Crippen LogP contribution < -0.4 is 0 Å². The van der Waals surface area contributed by atoms with Gasteiger partial charge in [-0.25, -0.2) is 8.78 Å². The monoisotopic (exact) mass is 390 g/mol. The molecule has 0 fully saturated rings. The number of hydrogen-bond acceptors (Lipinski definition) is 2. The van der Waals surface area contributed by atoms with Crippen LogP contribution in [0.15, 0.2) is 36.4 Å². The highest BCUT2D eigenvalue weighted by atomic mass is 19.1. The van der Waals surface area contributed by atoms with Crippen LogP contribution in [0.4, 0.5) is 8.78 Å². The van der Waals surface area contributed by atoms with Crippen molar-refractivity contribution < 1.29 is 19.0 Å². The molecule has 0 aliphatic carbocycles. The van der Waals surface area contributed by atoms with Gasteiger partial charge in [0, 0.05) is 0 Å². The van der Waals surface area contributed by atoms with Gasteiger partial charge in [0.15, 0.2) is 23.1 Å². The van der Waals surface area contributed by atoms with Crippen molar-refractivity contribution in [1.82, 2.24) is 0 Å². The van der Waals surface area contributed by atoms with Gasteiger partial charge in [0.25, 0.3) is 0 Å². The molecule has 28 heavy (non-hydrogen) atoms. The van der Waals surface area contributed by atoms with E-state index < -0.39 is 11.6 Å². The summed E-state index contributed by atoms with van der Waals surface area (Å²) in [6, 6.07) is 9.19. The van der Waals surface area contributed by atoms with Gasteiger partial charge >= 0.3 is 0 Å². The Morgan fingerprint density at radius 3 is 1.14 bits per heavy atom. The minimum absolute atomic E-state index is 0.256. The summed E-state index contributed by atoms with van der Waals surface area (Å²) >= 11 is 0. The number of phenols is 2. The average molecular weight is 391 g/mol. The van der Waals surface area contributed by atoms with Gasteiger partial charge in [-0.15, -0.1) is 0 Å². The van der Waals surface area contributed by atoms with Gasteiger partial charge in [-0.1, -0.05) is 63.5 Å². The maximum atomic E-state index is 13.0. The molecule has 2 nitrogen and oxygen atoms in total. The number of unbranched alkanes of at least 4 members (excludes halogenated alkanes) is 9. The smallest absolute Gasteiger partial charge is 0.164 e. The molecule has 2 rings (SSSR count). The molecule has 0 unspecified atom stereocenters. The molecule has 0 atom stereocenters. The van der Waals surface area contributed by atoms with Crippen molar-refractivity contribution in [3.8, 4) is 11.5 Å². The Kier molecular flexibility index (Phi) is 9.81. The van der Waals surface area contributed by atoms with Crippen LogP contribution in [-0.4, -0.2) is 10.2 Å². The Balaban J connectivity index is 1.39. The second-order valence-corrected chi connectivity index (χ2v) is 7.61. The van der Waals surface area contributed by atoms with Crippen molar-refractivity contribution in [3.63, 3.8) is 0 Å². The molecule has 4 heteroatoms. The Labute approximate surface area is 167 Å². The van der Waals surface area contributed by atoms with Crippen LogP contribution in [0.3, 0.4) is 0 Å². The van der Waals surface area contributed by atoms with E-state index in [0.29, 0.717) is 0 Å². The molecule has 0 amide bonds. The lowest BCUT2D eigenvalue weighted by molar-refractivity contribution is 0.431. The second kappa shape index (κ2) is 12.4. The van der Waals surface area contributed by atoms with Crippen molar-refractivity contribution in [2.24, 2.45) is 0 Å². The summed E-state index contributed by atoms with van der Waals surface area (Å²) < 4.78 is 26.0. The molecule has 0 heterocycles. The first kappa shape index (κ1) is 22.2. The molecule has 0 aliphatic rings. The molecular formula is C24H32F2O2. The second-order valence-electron chi connectivity index (χ2n) is 7.61. The molecule has 0 saturated carbocycles. The van der Waals surface area contributed by atoms with Crippen LogP contribution in [-0.2, 0) is 12.8 Å². The van der Waals surface area contributed by atoms with Gasteiger partial charge in [-0.3, -0.25) is 0 Å². The van der Waals surface area contributed by atoms with E-state index >= 15 is 0 Å². The lowest BCUT2D eigenvalue weighted by Crippen LogP contribution is -1.89. The molecule has 2 aromatic rings. The van der Waals surface area contributed by atoms with Crippen LogP contribution in [0.1, 0.15) is 75.3 Å². The summed E-state index contributed by atoms with van der Waals surface area (Å²) in [5, 5.41) is 18.7. The highest BCUT2D eigenvalue weighted by Crippen LogP contribution is 2.20. The molecule has 2 N–H and O–H groups in total. The number of rotatable bonds is 13. The van der Waals surface area contributed by atoms with Crippen molar-refractivity contribution in [2.45, 2.75) is 77.0 Å². The van der Waals surface area contributed by atoms with Gasteiger partial charge in [-0.05, 0) is 61.1 Å². The lowest BCUT2D eigenvalue weighted by Gasteiger charge is -2.05. The number of benzene rings is 2. The summed E-state index contributed by atoms with van der Waals surface area (Å²) in [7, 11) is 0. The minimum Gasteiger partial charge on any atom is -0.505 e. The summed E-state index contributed by atoms with van der Waals surface area (Å²) in [5.41, 5.74) is 1.99. The zero-order valence-corrected chi connectivity index (χ0v) is 16.6. The number of phenolic OH excluding ortho intramolecular Hbond substituents is 2. The molecular weight excluding hydrogens is 358 g/mol. The van der Waals surface area contributed by atoms with E-state index in [1.165, 1.54) is 75.6 Å². The third-order valence-corrected chi connectivity index (χ3v) is 5.20. The Morgan fingerprint density at radius 2 is 0.821 bits per heavy atom. The molecule has 0 bridgehead atoms. The van der Waals surface area contributed by atoms with Crippen LogP contribution in [0.5, 0.6) is 11.5 Å². The molecule has 0 saturated heterocycles. The number of aryl methyl sites for hydroxylation is 2. The van der Waals surface area contributed by atoms with Gasteiger partial charge in [0.1, 0.15) is 0 Å². The van der Waals surface area contributed by atoms with Gasteiger partial charge in [-0.2, -0.15) is 0 Å². The number of halogens is 2. The van der Waals surface area contributed by atoms with E-state index in [1.807, 2.05) is 0 Å². The number of aromatic hydroxyl groups is 2. The highest BCUT2D eigenvalue weighted by molar-refractivity contribution is 5.29. The predicted molar refractivity (Wildman–Crippen MR) is 110 cm³/mol. The Hall–Kier alpha value is -2.10. The zero-order chi connectivity index (χ0) is 20.2. The number of hydrogen-bond donors (Lipinski definition) is 2. The molecule has 0 aromatic heterocycles. The van der Waals surface area contributed by atoms with Crippen molar-refractivity contribution in [3.05, 3.63) is 59.2 Å². The summed E-state index contributed by atoms with van der Waals surface area (Å²) in [6.45, 7) is 0.